The van der Waals surface area contributed by atoms with Crippen LogP contribution in [0.5, 0.6) is 11.5 Å². The molecule has 1 aliphatic rings. The summed E-state index contributed by atoms with van der Waals surface area (Å²) in [4.78, 5) is 23.6. The van der Waals surface area contributed by atoms with Gasteiger partial charge in [-0.05, 0) is 49.7 Å². The smallest absolute Gasteiger partial charge is 0.253 e. The number of aromatic nitrogens is 2. The van der Waals surface area contributed by atoms with Crippen molar-refractivity contribution in [3.8, 4) is 11.5 Å². The highest BCUT2D eigenvalue weighted by atomic mass is 16.6. The molecule has 1 aliphatic heterocycles. The fraction of sp³-hybridized carbons (Fsp3) is 0.286. The van der Waals surface area contributed by atoms with Gasteiger partial charge in [-0.15, -0.1) is 0 Å². The zero-order valence-electron chi connectivity index (χ0n) is 15.7. The Kier molecular flexibility index (Phi) is 4.39. The van der Waals surface area contributed by atoms with E-state index < -0.39 is 0 Å². The molecule has 2 aromatic carbocycles. The monoisotopic (exact) mass is 363 g/mol. The minimum absolute atomic E-state index is 0.0631. The minimum Gasteiger partial charge on any atom is -0.486 e. The summed E-state index contributed by atoms with van der Waals surface area (Å²) in [6.07, 6.45) is 0. The SMILES string of the molecule is Cc1nc2ccc(C(=O)N(C)Cc3ccc4c(c3)OCCO4)cc2nc1C. The van der Waals surface area contributed by atoms with Crippen molar-refractivity contribution in [1.29, 1.82) is 0 Å². The van der Waals surface area contributed by atoms with Crippen LogP contribution in [-0.2, 0) is 6.54 Å². The van der Waals surface area contributed by atoms with Crippen molar-refractivity contribution in [3.63, 3.8) is 0 Å². The zero-order valence-corrected chi connectivity index (χ0v) is 15.7. The Morgan fingerprint density at radius 1 is 0.963 bits per heavy atom. The number of benzene rings is 2. The Hall–Kier alpha value is -3.15. The number of carbonyl (C=O) groups is 1. The highest BCUT2D eigenvalue weighted by Gasteiger charge is 2.16. The summed E-state index contributed by atoms with van der Waals surface area (Å²) < 4.78 is 11.2. The highest BCUT2D eigenvalue weighted by Crippen LogP contribution is 2.31. The lowest BCUT2D eigenvalue weighted by molar-refractivity contribution is 0.0785. The zero-order chi connectivity index (χ0) is 19.0. The predicted molar refractivity (Wildman–Crippen MR) is 102 cm³/mol. The van der Waals surface area contributed by atoms with Crippen LogP contribution >= 0.6 is 0 Å². The molecular weight excluding hydrogens is 342 g/mol. The minimum atomic E-state index is -0.0631. The van der Waals surface area contributed by atoms with Gasteiger partial charge in [0, 0.05) is 19.2 Å². The third-order valence-corrected chi connectivity index (χ3v) is 4.70. The molecule has 0 saturated carbocycles. The molecule has 6 heteroatoms. The summed E-state index contributed by atoms with van der Waals surface area (Å²) in [6.45, 7) is 5.44. The number of hydrogen-bond donors (Lipinski definition) is 0. The van der Waals surface area contributed by atoms with Gasteiger partial charge in [0.2, 0.25) is 0 Å². The Morgan fingerprint density at radius 2 is 1.67 bits per heavy atom. The maximum absolute atomic E-state index is 12.9. The van der Waals surface area contributed by atoms with E-state index in [9.17, 15) is 4.79 Å². The average Bonchev–Trinajstić information content (AvgIpc) is 2.68. The standard InChI is InChI=1S/C21H21N3O3/c1-13-14(2)23-18-11-16(5-6-17(18)22-13)21(25)24(3)12-15-4-7-19-20(10-15)27-9-8-26-19/h4-7,10-11H,8-9,12H2,1-3H3. The van der Waals surface area contributed by atoms with Crippen LogP contribution < -0.4 is 9.47 Å². The van der Waals surface area contributed by atoms with Crippen molar-refractivity contribution in [2.45, 2.75) is 20.4 Å². The van der Waals surface area contributed by atoms with Crippen molar-refractivity contribution in [1.82, 2.24) is 14.9 Å². The van der Waals surface area contributed by atoms with E-state index in [1.165, 1.54) is 0 Å². The number of ether oxygens (including phenoxy) is 2. The van der Waals surface area contributed by atoms with Gasteiger partial charge in [-0.3, -0.25) is 4.79 Å². The number of hydrogen-bond acceptors (Lipinski definition) is 5. The van der Waals surface area contributed by atoms with Crippen molar-refractivity contribution in [2.75, 3.05) is 20.3 Å². The predicted octanol–water partition coefficient (Wildman–Crippen LogP) is 3.29. The topological polar surface area (TPSA) is 64.6 Å². The van der Waals surface area contributed by atoms with Crippen molar-refractivity contribution in [3.05, 3.63) is 58.9 Å². The lowest BCUT2D eigenvalue weighted by Crippen LogP contribution is -2.26. The van der Waals surface area contributed by atoms with E-state index in [0.717, 1.165) is 39.5 Å². The quantitative estimate of drug-likeness (QED) is 0.714. The van der Waals surface area contributed by atoms with Gasteiger partial charge >= 0.3 is 0 Å². The summed E-state index contributed by atoms with van der Waals surface area (Å²) in [5.74, 6) is 1.41. The molecule has 0 unspecified atom stereocenters. The molecule has 0 aliphatic carbocycles. The molecule has 0 N–H and O–H groups in total. The van der Waals surface area contributed by atoms with Crippen LogP contribution in [0, 0.1) is 13.8 Å². The molecule has 0 fully saturated rings. The first-order chi connectivity index (χ1) is 13.0. The van der Waals surface area contributed by atoms with Gasteiger partial charge < -0.3 is 14.4 Å². The molecule has 138 valence electrons. The molecule has 2 heterocycles. The molecule has 0 radical (unpaired) electrons. The maximum Gasteiger partial charge on any atom is 0.253 e. The Labute approximate surface area is 157 Å². The number of amides is 1. The van der Waals surface area contributed by atoms with Crippen LogP contribution in [0.15, 0.2) is 36.4 Å². The molecule has 0 bridgehead atoms. The van der Waals surface area contributed by atoms with Crippen molar-refractivity contribution >= 4 is 16.9 Å². The van der Waals surface area contributed by atoms with Crippen LogP contribution in [0.1, 0.15) is 27.3 Å². The fourth-order valence-electron chi connectivity index (χ4n) is 3.12. The summed E-state index contributed by atoms with van der Waals surface area (Å²) in [6, 6.07) is 11.2. The number of aryl methyl sites for hydroxylation is 2. The normalized spacial score (nSPS) is 12.9. The van der Waals surface area contributed by atoms with E-state index in [1.807, 2.05) is 38.1 Å². The molecule has 4 rings (SSSR count). The number of fused-ring (bicyclic) bond motifs is 2. The van der Waals surface area contributed by atoms with Crippen molar-refractivity contribution in [2.24, 2.45) is 0 Å². The lowest BCUT2D eigenvalue weighted by atomic mass is 10.1. The molecular formula is C21H21N3O3. The van der Waals surface area contributed by atoms with E-state index in [2.05, 4.69) is 9.97 Å². The van der Waals surface area contributed by atoms with Gasteiger partial charge in [0.15, 0.2) is 11.5 Å². The first-order valence-electron chi connectivity index (χ1n) is 8.90. The van der Waals surface area contributed by atoms with Crippen molar-refractivity contribution < 1.29 is 14.3 Å². The maximum atomic E-state index is 12.9. The average molecular weight is 363 g/mol. The second-order valence-electron chi connectivity index (χ2n) is 6.74. The van der Waals surface area contributed by atoms with E-state index in [4.69, 9.17) is 9.47 Å². The molecule has 0 atom stereocenters. The van der Waals surface area contributed by atoms with Gasteiger partial charge in [0.05, 0.1) is 22.4 Å². The van der Waals surface area contributed by atoms with Crippen LogP contribution in [0.25, 0.3) is 11.0 Å². The van der Waals surface area contributed by atoms with Gasteiger partial charge in [-0.1, -0.05) is 6.07 Å². The third-order valence-electron chi connectivity index (χ3n) is 4.70. The molecule has 1 amide bonds. The number of carbonyl (C=O) groups excluding carboxylic acids is 1. The Morgan fingerprint density at radius 3 is 2.44 bits per heavy atom. The van der Waals surface area contributed by atoms with E-state index >= 15 is 0 Å². The molecule has 27 heavy (non-hydrogen) atoms. The molecule has 0 saturated heterocycles. The first-order valence-corrected chi connectivity index (χ1v) is 8.90. The van der Waals surface area contributed by atoms with Crippen LogP contribution in [0.3, 0.4) is 0 Å². The third kappa shape index (κ3) is 3.43. The second kappa shape index (κ2) is 6.87. The molecule has 6 nitrogen and oxygen atoms in total. The number of rotatable bonds is 3. The largest absolute Gasteiger partial charge is 0.486 e. The second-order valence-corrected chi connectivity index (χ2v) is 6.74. The van der Waals surface area contributed by atoms with Gasteiger partial charge in [-0.2, -0.15) is 0 Å². The highest BCUT2D eigenvalue weighted by molar-refractivity contribution is 5.97. The van der Waals surface area contributed by atoms with E-state index in [-0.39, 0.29) is 5.91 Å². The summed E-state index contributed by atoms with van der Waals surface area (Å²) in [5, 5.41) is 0. The summed E-state index contributed by atoms with van der Waals surface area (Å²) in [5.41, 5.74) is 4.89. The summed E-state index contributed by atoms with van der Waals surface area (Å²) >= 11 is 0. The number of nitrogens with zero attached hydrogens (tertiary/aromatic N) is 3. The Balaban J connectivity index is 1.55. The van der Waals surface area contributed by atoms with Gasteiger partial charge in [-0.25, -0.2) is 9.97 Å². The van der Waals surface area contributed by atoms with Crippen LogP contribution in [0.2, 0.25) is 0 Å². The van der Waals surface area contributed by atoms with E-state index in [0.29, 0.717) is 25.3 Å². The fourth-order valence-corrected chi connectivity index (χ4v) is 3.12. The van der Waals surface area contributed by atoms with Crippen LogP contribution in [0.4, 0.5) is 0 Å². The summed E-state index contributed by atoms with van der Waals surface area (Å²) in [7, 11) is 1.79. The van der Waals surface area contributed by atoms with E-state index in [1.54, 1.807) is 24.1 Å². The molecule has 0 spiro atoms. The molecule has 3 aromatic rings. The molecule has 1 aromatic heterocycles. The van der Waals surface area contributed by atoms with Crippen LogP contribution in [-0.4, -0.2) is 41.0 Å². The van der Waals surface area contributed by atoms with Gasteiger partial charge in [0.25, 0.3) is 5.91 Å². The Bertz CT molecular complexity index is 1030. The van der Waals surface area contributed by atoms with Gasteiger partial charge in [0.1, 0.15) is 13.2 Å². The lowest BCUT2D eigenvalue weighted by Gasteiger charge is -2.21. The first kappa shape index (κ1) is 17.3.